The summed E-state index contributed by atoms with van der Waals surface area (Å²) in [6, 6.07) is 10.7. The molecule has 110 valence electrons. The summed E-state index contributed by atoms with van der Waals surface area (Å²) in [5, 5.41) is 22.8. The van der Waals surface area contributed by atoms with Gasteiger partial charge in [-0.2, -0.15) is 4.68 Å². The summed E-state index contributed by atoms with van der Waals surface area (Å²) in [4.78, 5) is 14.6. The van der Waals surface area contributed by atoms with Gasteiger partial charge in [0.05, 0.1) is 10.6 Å². The van der Waals surface area contributed by atoms with Crippen molar-refractivity contribution >= 4 is 17.6 Å². The lowest BCUT2D eigenvalue weighted by Gasteiger charge is -2.06. The van der Waals surface area contributed by atoms with Crippen molar-refractivity contribution in [3.05, 3.63) is 58.3 Å². The number of nitro groups is 1. The van der Waals surface area contributed by atoms with Crippen LogP contribution in [0, 0.1) is 17.0 Å². The maximum absolute atomic E-state index is 10.6. The molecular weight excluding hydrogens is 304 g/mol. The van der Waals surface area contributed by atoms with Gasteiger partial charge >= 0.3 is 5.82 Å². The van der Waals surface area contributed by atoms with Gasteiger partial charge in [-0.1, -0.05) is 18.2 Å². The van der Waals surface area contributed by atoms with E-state index in [1.54, 1.807) is 10.7 Å². The fourth-order valence-corrected chi connectivity index (χ4v) is 2.59. The van der Waals surface area contributed by atoms with Crippen LogP contribution in [0.15, 0.2) is 52.6 Å². The number of benzene rings is 1. The summed E-state index contributed by atoms with van der Waals surface area (Å²) in [6.45, 7) is 1.97. The van der Waals surface area contributed by atoms with Gasteiger partial charge in [0.25, 0.3) is 0 Å². The molecule has 0 N–H and O–H groups in total. The third kappa shape index (κ3) is 2.79. The number of aryl methyl sites for hydroxylation is 1. The molecule has 0 bridgehead atoms. The molecule has 0 radical (unpaired) electrons. The molecule has 0 saturated carbocycles. The Morgan fingerprint density at radius 3 is 2.73 bits per heavy atom. The molecule has 22 heavy (non-hydrogen) atoms. The summed E-state index contributed by atoms with van der Waals surface area (Å²) in [5.74, 6) is -0.192. The van der Waals surface area contributed by atoms with Crippen LogP contribution >= 0.6 is 11.8 Å². The smallest absolute Gasteiger partial charge is 0.358 e. The molecule has 0 fully saturated rings. The second-order valence-corrected chi connectivity index (χ2v) is 5.41. The molecule has 0 aliphatic rings. The largest absolute Gasteiger partial charge is 0.363 e. The molecule has 0 spiro atoms. The van der Waals surface area contributed by atoms with E-state index in [2.05, 4.69) is 20.5 Å². The van der Waals surface area contributed by atoms with Crippen LogP contribution in [-0.4, -0.2) is 30.1 Å². The normalized spacial score (nSPS) is 10.6. The molecule has 0 aliphatic carbocycles. The number of hydrogen-bond acceptors (Lipinski definition) is 7. The van der Waals surface area contributed by atoms with E-state index in [0.717, 1.165) is 16.1 Å². The molecule has 0 amide bonds. The van der Waals surface area contributed by atoms with E-state index in [-0.39, 0.29) is 5.82 Å². The van der Waals surface area contributed by atoms with Crippen LogP contribution in [0.3, 0.4) is 0 Å². The van der Waals surface area contributed by atoms with E-state index >= 15 is 0 Å². The predicted octanol–water partition coefficient (Wildman–Crippen LogP) is 2.43. The number of nitrogens with zero attached hydrogens (tertiary/aromatic N) is 6. The molecule has 2 aromatic heterocycles. The van der Waals surface area contributed by atoms with Crippen LogP contribution < -0.4 is 0 Å². The fourth-order valence-electron chi connectivity index (χ4n) is 1.84. The number of rotatable bonds is 4. The first-order chi connectivity index (χ1) is 10.6. The third-order valence-electron chi connectivity index (χ3n) is 2.90. The molecule has 0 saturated heterocycles. The van der Waals surface area contributed by atoms with Crippen LogP contribution in [0.2, 0.25) is 0 Å². The lowest BCUT2D eigenvalue weighted by Crippen LogP contribution is -2.01. The Bertz CT molecular complexity index is 817. The summed E-state index contributed by atoms with van der Waals surface area (Å²) >= 11 is 1.29. The van der Waals surface area contributed by atoms with Gasteiger partial charge in [-0.3, -0.25) is 0 Å². The van der Waals surface area contributed by atoms with Crippen LogP contribution in [0.5, 0.6) is 0 Å². The molecule has 0 unspecified atom stereocenters. The molecule has 2 heterocycles. The number of tetrazole rings is 1. The van der Waals surface area contributed by atoms with E-state index < -0.39 is 4.92 Å². The summed E-state index contributed by atoms with van der Waals surface area (Å²) in [5.41, 5.74) is 1.92. The van der Waals surface area contributed by atoms with Crippen LogP contribution in [0.4, 0.5) is 5.82 Å². The van der Waals surface area contributed by atoms with Crippen molar-refractivity contribution in [3.63, 3.8) is 0 Å². The predicted molar refractivity (Wildman–Crippen MR) is 78.9 cm³/mol. The van der Waals surface area contributed by atoms with Crippen molar-refractivity contribution in [2.24, 2.45) is 0 Å². The van der Waals surface area contributed by atoms with Gasteiger partial charge in [-0.15, -0.1) is 5.10 Å². The zero-order valence-corrected chi connectivity index (χ0v) is 12.3. The van der Waals surface area contributed by atoms with Gasteiger partial charge in [0.15, 0.2) is 6.20 Å². The topological polar surface area (TPSA) is 99.6 Å². The van der Waals surface area contributed by atoms with Gasteiger partial charge in [0, 0.05) is 6.07 Å². The second-order valence-electron chi connectivity index (χ2n) is 4.37. The first-order valence-electron chi connectivity index (χ1n) is 6.28. The van der Waals surface area contributed by atoms with Crippen LogP contribution in [0.1, 0.15) is 5.56 Å². The maximum Gasteiger partial charge on any atom is 0.363 e. The minimum absolute atomic E-state index is 0.192. The highest BCUT2D eigenvalue weighted by Gasteiger charge is 2.14. The number of para-hydroxylation sites is 1. The highest BCUT2D eigenvalue weighted by atomic mass is 32.2. The molecule has 0 aliphatic heterocycles. The third-order valence-corrected chi connectivity index (χ3v) is 3.82. The van der Waals surface area contributed by atoms with Gasteiger partial charge in [0.2, 0.25) is 5.16 Å². The van der Waals surface area contributed by atoms with Crippen molar-refractivity contribution in [1.29, 1.82) is 0 Å². The molecule has 3 aromatic rings. The monoisotopic (exact) mass is 314 g/mol. The Balaban J connectivity index is 1.90. The molecule has 1 aromatic carbocycles. The van der Waals surface area contributed by atoms with Crippen molar-refractivity contribution in [2.75, 3.05) is 0 Å². The summed E-state index contributed by atoms with van der Waals surface area (Å²) in [6.07, 6.45) is 1.43. The maximum atomic E-state index is 10.6. The average molecular weight is 314 g/mol. The number of hydrogen-bond donors (Lipinski definition) is 0. The van der Waals surface area contributed by atoms with Gasteiger partial charge in [0.1, 0.15) is 0 Å². The highest BCUT2D eigenvalue weighted by Crippen LogP contribution is 2.27. The van der Waals surface area contributed by atoms with Crippen molar-refractivity contribution < 1.29 is 4.92 Å². The number of pyridine rings is 1. The SMILES string of the molecule is Cc1ccccc1-n1nnnc1Sc1ccc([N+](=O)[O-])nc1. The molecule has 0 atom stereocenters. The zero-order chi connectivity index (χ0) is 15.5. The molecule has 8 nitrogen and oxygen atoms in total. The quantitative estimate of drug-likeness (QED) is 0.538. The first kappa shape index (κ1) is 14.1. The Morgan fingerprint density at radius 1 is 1.23 bits per heavy atom. The zero-order valence-electron chi connectivity index (χ0n) is 11.4. The number of aromatic nitrogens is 5. The molecule has 3 rings (SSSR count). The van der Waals surface area contributed by atoms with Gasteiger partial charge in [-0.05, 0) is 56.7 Å². The minimum atomic E-state index is -0.536. The van der Waals surface area contributed by atoms with Crippen molar-refractivity contribution in [3.8, 4) is 5.69 Å². The standard InChI is InChI=1S/C13H10N6O2S/c1-9-4-2-3-5-11(9)18-13(15-16-17-18)22-10-6-7-12(14-8-10)19(20)21/h2-8H,1H3. The van der Waals surface area contributed by atoms with Gasteiger partial charge < -0.3 is 10.1 Å². The van der Waals surface area contributed by atoms with E-state index in [1.165, 1.54) is 24.0 Å². The Morgan fingerprint density at radius 2 is 2.05 bits per heavy atom. The Kier molecular flexibility index (Phi) is 3.79. The summed E-state index contributed by atoms with van der Waals surface area (Å²) < 4.78 is 1.63. The lowest BCUT2D eigenvalue weighted by molar-refractivity contribution is -0.389. The van der Waals surface area contributed by atoms with E-state index in [4.69, 9.17) is 0 Å². The highest BCUT2D eigenvalue weighted by molar-refractivity contribution is 7.99. The Hall–Kier alpha value is -2.81. The van der Waals surface area contributed by atoms with Crippen molar-refractivity contribution in [2.45, 2.75) is 17.0 Å². The van der Waals surface area contributed by atoms with Crippen LogP contribution in [-0.2, 0) is 0 Å². The Labute approximate surface area is 129 Å². The second kappa shape index (κ2) is 5.90. The van der Waals surface area contributed by atoms with Gasteiger partial charge in [-0.25, -0.2) is 0 Å². The molecule has 9 heteroatoms. The fraction of sp³-hybridized carbons (Fsp3) is 0.0769. The van der Waals surface area contributed by atoms with Crippen molar-refractivity contribution in [1.82, 2.24) is 25.2 Å². The lowest BCUT2D eigenvalue weighted by atomic mass is 10.2. The summed E-state index contributed by atoms with van der Waals surface area (Å²) in [7, 11) is 0. The minimum Gasteiger partial charge on any atom is -0.358 e. The average Bonchev–Trinajstić information content (AvgIpc) is 2.96. The van der Waals surface area contributed by atoms with E-state index in [9.17, 15) is 10.1 Å². The van der Waals surface area contributed by atoms with E-state index in [1.807, 2.05) is 31.2 Å². The molecular formula is C13H10N6O2S. The van der Waals surface area contributed by atoms with E-state index in [0.29, 0.717) is 5.16 Å². The first-order valence-corrected chi connectivity index (χ1v) is 7.09. The van der Waals surface area contributed by atoms with Crippen LogP contribution in [0.25, 0.3) is 5.69 Å².